The predicted octanol–water partition coefficient (Wildman–Crippen LogP) is 2.14. The van der Waals surface area contributed by atoms with Crippen molar-refractivity contribution in [1.82, 2.24) is 0 Å². The fraction of sp³-hybridized carbons (Fsp3) is 0.250. The first-order valence-electron chi connectivity index (χ1n) is 5.17. The van der Waals surface area contributed by atoms with Gasteiger partial charge in [-0.15, -0.1) is 0 Å². The van der Waals surface area contributed by atoms with Crippen LogP contribution in [0.1, 0.15) is 0 Å². The summed E-state index contributed by atoms with van der Waals surface area (Å²) in [7, 11) is 2.61. The Morgan fingerprint density at radius 1 is 1.42 bits per heavy atom. The number of benzene rings is 1. The van der Waals surface area contributed by atoms with Gasteiger partial charge in [-0.25, -0.2) is 9.18 Å². The van der Waals surface area contributed by atoms with Crippen LogP contribution in [0.4, 0.5) is 10.1 Å². The normalized spacial score (nSPS) is 11.1. The number of carbonyl (C=O) groups is 1. The zero-order valence-corrected chi connectivity index (χ0v) is 11.2. The van der Waals surface area contributed by atoms with Crippen LogP contribution in [-0.4, -0.2) is 26.8 Å². The summed E-state index contributed by atoms with van der Waals surface area (Å²) in [6, 6.07) is 2.30. The average molecular weight is 290 g/mol. The maximum atomic E-state index is 13.1. The molecule has 1 aromatic rings. The van der Waals surface area contributed by atoms with E-state index >= 15 is 0 Å². The predicted molar refractivity (Wildman–Crippen MR) is 68.4 cm³/mol. The molecule has 1 rings (SSSR count). The second-order valence-electron chi connectivity index (χ2n) is 3.43. The zero-order chi connectivity index (χ0) is 14.4. The minimum absolute atomic E-state index is 0.0696. The lowest BCUT2D eigenvalue weighted by Gasteiger charge is -2.11. The molecule has 0 aliphatic heterocycles. The Morgan fingerprint density at radius 2 is 2.11 bits per heavy atom. The Labute approximate surface area is 114 Å². The molecule has 0 bridgehead atoms. The smallest absolute Gasteiger partial charge is 0.334 e. The van der Waals surface area contributed by atoms with Crippen molar-refractivity contribution in [3.63, 3.8) is 0 Å². The highest BCUT2D eigenvalue weighted by Crippen LogP contribution is 2.29. The van der Waals surface area contributed by atoms with Crippen LogP contribution < -0.4 is 10.5 Å². The van der Waals surface area contributed by atoms with Crippen LogP contribution in [0.5, 0.6) is 5.75 Å². The van der Waals surface area contributed by atoms with Gasteiger partial charge in [0.2, 0.25) is 0 Å². The lowest BCUT2D eigenvalue weighted by molar-refractivity contribution is -0.135. The SMILES string of the molecule is COC(=O)/C=C(\COc1cc(N)c(F)cc1Cl)OC. The number of hydrogen-bond donors (Lipinski definition) is 1. The minimum Gasteiger partial charge on any atom is -0.497 e. The molecule has 0 atom stereocenters. The van der Waals surface area contributed by atoms with Gasteiger partial charge in [-0.1, -0.05) is 11.6 Å². The van der Waals surface area contributed by atoms with Crippen LogP contribution >= 0.6 is 11.6 Å². The summed E-state index contributed by atoms with van der Waals surface area (Å²) in [5, 5.41) is 0.0696. The van der Waals surface area contributed by atoms with Gasteiger partial charge in [-0.2, -0.15) is 0 Å². The second kappa shape index (κ2) is 6.84. The molecule has 5 nitrogen and oxygen atoms in total. The zero-order valence-electron chi connectivity index (χ0n) is 10.4. The van der Waals surface area contributed by atoms with E-state index < -0.39 is 11.8 Å². The molecular weight excluding hydrogens is 277 g/mol. The number of ether oxygens (including phenoxy) is 3. The number of nitrogens with two attached hydrogens (primary N) is 1. The van der Waals surface area contributed by atoms with Gasteiger partial charge in [0, 0.05) is 6.07 Å². The first kappa shape index (κ1) is 15.1. The molecule has 0 saturated heterocycles. The van der Waals surface area contributed by atoms with Gasteiger partial charge in [0.25, 0.3) is 0 Å². The van der Waals surface area contributed by atoms with E-state index in [1.807, 2.05) is 0 Å². The number of esters is 1. The molecule has 7 heteroatoms. The molecule has 19 heavy (non-hydrogen) atoms. The van der Waals surface area contributed by atoms with Gasteiger partial charge in [0.15, 0.2) is 0 Å². The summed E-state index contributed by atoms with van der Waals surface area (Å²) < 4.78 is 27.7. The maximum absolute atomic E-state index is 13.1. The van der Waals surface area contributed by atoms with Gasteiger partial charge < -0.3 is 19.9 Å². The number of halogens is 2. The number of anilines is 1. The fourth-order valence-corrected chi connectivity index (χ4v) is 1.36. The minimum atomic E-state index is -0.630. The van der Waals surface area contributed by atoms with Crippen molar-refractivity contribution >= 4 is 23.3 Å². The summed E-state index contributed by atoms with van der Waals surface area (Å²) in [5.74, 6) is -0.793. The first-order chi connectivity index (χ1) is 8.97. The van der Waals surface area contributed by atoms with Crippen molar-refractivity contribution in [1.29, 1.82) is 0 Å². The molecular formula is C12H13ClFNO4. The number of hydrogen-bond acceptors (Lipinski definition) is 5. The molecule has 0 aromatic heterocycles. The van der Waals surface area contributed by atoms with E-state index in [0.717, 1.165) is 12.1 Å². The van der Waals surface area contributed by atoms with Gasteiger partial charge in [-0.3, -0.25) is 0 Å². The van der Waals surface area contributed by atoms with Crippen LogP contribution in [0, 0.1) is 5.82 Å². The molecule has 0 heterocycles. The van der Waals surface area contributed by atoms with Crippen molar-refractivity contribution in [2.45, 2.75) is 0 Å². The Morgan fingerprint density at radius 3 is 2.68 bits per heavy atom. The third-order valence-corrected chi connectivity index (χ3v) is 2.46. The average Bonchev–Trinajstić information content (AvgIpc) is 2.39. The summed E-state index contributed by atoms with van der Waals surface area (Å²) in [6.45, 7) is -0.0730. The summed E-state index contributed by atoms with van der Waals surface area (Å²) in [5.41, 5.74) is 5.31. The van der Waals surface area contributed by atoms with Crippen molar-refractivity contribution in [2.24, 2.45) is 0 Å². The topological polar surface area (TPSA) is 70.8 Å². The molecule has 104 valence electrons. The third kappa shape index (κ3) is 4.33. The highest BCUT2D eigenvalue weighted by Gasteiger charge is 2.09. The number of methoxy groups -OCH3 is 2. The van der Waals surface area contributed by atoms with Crippen molar-refractivity contribution < 1.29 is 23.4 Å². The highest BCUT2D eigenvalue weighted by molar-refractivity contribution is 6.32. The fourth-order valence-electron chi connectivity index (χ4n) is 1.15. The van der Waals surface area contributed by atoms with E-state index in [4.69, 9.17) is 26.8 Å². The number of nitrogen functional groups attached to an aromatic ring is 1. The molecule has 0 saturated carbocycles. The summed E-state index contributed by atoms with van der Waals surface area (Å²) >= 11 is 5.79. The largest absolute Gasteiger partial charge is 0.497 e. The third-order valence-electron chi connectivity index (χ3n) is 2.16. The Kier molecular flexibility index (Phi) is 5.44. The lowest BCUT2D eigenvalue weighted by atomic mass is 10.3. The van der Waals surface area contributed by atoms with E-state index in [0.29, 0.717) is 0 Å². The summed E-state index contributed by atoms with van der Waals surface area (Å²) in [6.07, 6.45) is 1.13. The molecule has 0 aliphatic rings. The van der Waals surface area contributed by atoms with E-state index in [9.17, 15) is 9.18 Å². The Balaban J connectivity index is 2.78. The molecule has 0 aliphatic carbocycles. The summed E-state index contributed by atoms with van der Waals surface area (Å²) in [4.78, 5) is 11.0. The van der Waals surface area contributed by atoms with Gasteiger partial charge in [0.05, 0.1) is 31.0 Å². The van der Waals surface area contributed by atoms with Crippen LogP contribution in [-0.2, 0) is 14.3 Å². The standard InChI is InChI=1S/C12H13ClFNO4/c1-17-7(3-12(16)18-2)6-19-11-5-10(15)9(14)4-8(11)13/h3-5H,6,15H2,1-2H3/b7-3+. The number of rotatable bonds is 5. The van der Waals surface area contributed by atoms with E-state index in [1.165, 1.54) is 20.3 Å². The monoisotopic (exact) mass is 289 g/mol. The highest BCUT2D eigenvalue weighted by atomic mass is 35.5. The first-order valence-corrected chi connectivity index (χ1v) is 5.55. The lowest BCUT2D eigenvalue weighted by Crippen LogP contribution is -2.07. The van der Waals surface area contributed by atoms with Gasteiger partial charge in [0.1, 0.15) is 23.9 Å². The molecule has 0 unspecified atom stereocenters. The Bertz CT molecular complexity index is 505. The van der Waals surface area contributed by atoms with E-state index in [1.54, 1.807) is 0 Å². The van der Waals surface area contributed by atoms with E-state index in [2.05, 4.69) is 4.74 Å². The quantitative estimate of drug-likeness (QED) is 0.389. The second-order valence-corrected chi connectivity index (χ2v) is 3.84. The molecule has 0 fully saturated rings. The van der Waals surface area contributed by atoms with Crippen molar-refractivity contribution in [3.05, 3.63) is 34.8 Å². The van der Waals surface area contributed by atoms with Gasteiger partial charge in [-0.05, 0) is 6.07 Å². The van der Waals surface area contributed by atoms with Gasteiger partial charge >= 0.3 is 5.97 Å². The molecule has 2 N–H and O–H groups in total. The van der Waals surface area contributed by atoms with Crippen LogP contribution in [0.15, 0.2) is 24.0 Å². The van der Waals surface area contributed by atoms with Crippen LogP contribution in [0.2, 0.25) is 5.02 Å². The van der Waals surface area contributed by atoms with Crippen LogP contribution in [0.25, 0.3) is 0 Å². The number of carbonyl (C=O) groups excluding carboxylic acids is 1. The van der Waals surface area contributed by atoms with Crippen LogP contribution in [0.3, 0.4) is 0 Å². The molecule has 0 amide bonds. The van der Waals surface area contributed by atoms with E-state index in [-0.39, 0.29) is 28.8 Å². The van der Waals surface area contributed by atoms with Crippen molar-refractivity contribution in [3.8, 4) is 5.75 Å². The van der Waals surface area contributed by atoms with Crippen molar-refractivity contribution in [2.75, 3.05) is 26.6 Å². The maximum Gasteiger partial charge on any atom is 0.334 e. The Hall–Kier alpha value is -1.95. The molecule has 0 spiro atoms. The molecule has 0 radical (unpaired) electrons. The molecule has 1 aromatic carbocycles.